The fourth-order valence-corrected chi connectivity index (χ4v) is 5.28. The van der Waals surface area contributed by atoms with Crippen molar-refractivity contribution >= 4 is 26.7 Å². The summed E-state index contributed by atoms with van der Waals surface area (Å²) in [6, 6.07) is 29.2. The van der Waals surface area contributed by atoms with E-state index in [-0.39, 0.29) is 5.97 Å². The molecular weight excluding hydrogens is 460 g/mol. The molecule has 0 atom stereocenters. The number of benzene rings is 3. The molecule has 0 unspecified atom stereocenters. The Bertz CT molecular complexity index is 1050. The summed E-state index contributed by atoms with van der Waals surface area (Å²) >= 11 is 0. The van der Waals surface area contributed by atoms with E-state index < -0.39 is 10.2 Å². The van der Waals surface area contributed by atoms with Crippen LogP contribution in [0.15, 0.2) is 91.0 Å². The van der Waals surface area contributed by atoms with Gasteiger partial charge in [0.05, 0.1) is 5.56 Å². The lowest BCUT2D eigenvalue weighted by Crippen LogP contribution is -2.68. The molecule has 0 amide bonds. The Morgan fingerprint density at radius 2 is 1.19 bits per heavy atom. The van der Waals surface area contributed by atoms with E-state index in [0.29, 0.717) is 11.3 Å². The van der Waals surface area contributed by atoms with Crippen molar-refractivity contribution in [3.8, 4) is 26.6 Å². The van der Waals surface area contributed by atoms with Gasteiger partial charge in [-0.05, 0) is 24.3 Å². The fourth-order valence-electron chi connectivity index (χ4n) is 2.62. The first kappa shape index (κ1) is 23.0. The molecule has 0 saturated heterocycles. The average molecular weight is 475 g/mol. The van der Waals surface area contributed by atoms with Gasteiger partial charge >= 0.3 is 16.3 Å². The highest BCUT2D eigenvalue weighted by Gasteiger charge is 2.30. The Morgan fingerprint density at radius 3 is 1.71 bits per heavy atom. The van der Waals surface area contributed by atoms with Crippen molar-refractivity contribution in [1.82, 2.24) is 0 Å². The molecule has 0 aliphatic rings. The van der Waals surface area contributed by atoms with Crippen LogP contribution in [-0.4, -0.2) is 5.97 Å². The number of esters is 1. The van der Waals surface area contributed by atoms with Crippen molar-refractivity contribution in [3.05, 3.63) is 96.6 Å². The Kier molecular flexibility index (Phi) is 7.83. The maximum absolute atomic E-state index is 12.7. The minimum absolute atomic E-state index is 0.342. The van der Waals surface area contributed by atoms with E-state index in [0.717, 1.165) is 20.9 Å². The molecule has 1 aromatic heterocycles. The highest BCUT2D eigenvalue weighted by atomic mass is 35.7. The number of hydrogen-bond acceptors (Lipinski definition) is 7. The average Bonchev–Trinajstić information content (AvgIpc) is 3.18. The molecule has 4 aromatic rings. The van der Waals surface area contributed by atoms with Crippen LogP contribution in [0.1, 0.15) is 10.4 Å². The standard InChI is InChI=1S/C22H15O2S2.ClHO4/c23-22(18-14-8-3-9-15-18)24-19-20(16-10-4-1-5-11-16)25-26-21(19)17-12-6-2-7-13-17;2-1(3,4)5/h1-15H;(H,2,3,4,5)/q+1;/p-1. The molecule has 0 aliphatic carbocycles. The van der Waals surface area contributed by atoms with E-state index in [9.17, 15) is 4.79 Å². The molecule has 0 fully saturated rings. The third-order valence-electron chi connectivity index (χ3n) is 3.90. The second-order valence-corrected chi connectivity index (χ2v) is 8.93. The predicted octanol–water partition coefficient (Wildman–Crippen LogP) is 1.89. The zero-order valence-corrected chi connectivity index (χ0v) is 18.2. The summed E-state index contributed by atoms with van der Waals surface area (Å²) in [7, 11) is -1.69. The molecule has 6 nitrogen and oxygen atoms in total. The second-order valence-electron chi connectivity index (χ2n) is 6.02. The van der Waals surface area contributed by atoms with Crippen LogP contribution in [0.5, 0.6) is 5.75 Å². The maximum Gasteiger partial charge on any atom is 0.343 e. The summed E-state index contributed by atoms with van der Waals surface area (Å²) < 4.78 is 39.9. The predicted molar refractivity (Wildman–Crippen MR) is 109 cm³/mol. The van der Waals surface area contributed by atoms with Crippen LogP contribution in [0.3, 0.4) is 0 Å². The normalized spacial score (nSPS) is 10.7. The van der Waals surface area contributed by atoms with Crippen LogP contribution < -0.4 is 23.4 Å². The molecule has 0 radical (unpaired) electrons. The minimum atomic E-state index is -4.94. The lowest BCUT2D eigenvalue weighted by Gasteiger charge is -2.17. The Morgan fingerprint density at radius 1 is 0.742 bits per heavy atom. The lowest BCUT2D eigenvalue weighted by atomic mass is 10.1. The molecule has 9 heteroatoms. The van der Waals surface area contributed by atoms with Crippen LogP contribution in [0.25, 0.3) is 20.9 Å². The second kappa shape index (κ2) is 10.6. The fraction of sp³-hybridized carbons (Fsp3) is 0. The van der Waals surface area contributed by atoms with Crippen molar-refractivity contribution in [2.75, 3.05) is 0 Å². The quantitative estimate of drug-likeness (QED) is 0.253. The number of hydrogen-bond donors (Lipinski definition) is 0. The largest absolute Gasteiger partial charge is 0.415 e. The van der Waals surface area contributed by atoms with E-state index in [1.165, 1.54) is 0 Å². The van der Waals surface area contributed by atoms with Gasteiger partial charge in [-0.3, -0.25) is 0 Å². The molecule has 0 bridgehead atoms. The van der Waals surface area contributed by atoms with Gasteiger partial charge in [0.1, 0.15) is 4.88 Å². The van der Waals surface area contributed by atoms with Gasteiger partial charge in [-0.15, -0.1) is 10.2 Å². The van der Waals surface area contributed by atoms with Gasteiger partial charge < -0.3 is 4.74 Å². The highest BCUT2D eigenvalue weighted by Crippen LogP contribution is 2.48. The third kappa shape index (κ3) is 6.91. The molecular formula is C22H15ClO6S2. The SMILES string of the molecule is O=C(Oc1c(-c2ccccc2)s[s+]c1-c1ccccc1)c1ccccc1.[O-][Cl+3]([O-])([O-])[O-]. The lowest BCUT2D eigenvalue weighted by molar-refractivity contribution is -2.00. The maximum atomic E-state index is 12.7. The number of ether oxygens (including phenoxy) is 1. The van der Waals surface area contributed by atoms with Gasteiger partial charge in [-0.25, -0.2) is 23.4 Å². The first-order valence-electron chi connectivity index (χ1n) is 8.79. The molecule has 0 saturated carbocycles. The van der Waals surface area contributed by atoms with Gasteiger partial charge in [0, 0.05) is 11.1 Å². The zero-order chi connectivity index (χ0) is 22.3. The van der Waals surface area contributed by atoms with E-state index in [2.05, 4.69) is 0 Å². The number of rotatable bonds is 4. The monoisotopic (exact) mass is 474 g/mol. The molecule has 31 heavy (non-hydrogen) atoms. The molecule has 3 aromatic carbocycles. The third-order valence-corrected chi connectivity index (χ3v) is 6.41. The summed E-state index contributed by atoms with van der Waals surface area (Å²) in [6.07, 6.45) is 0. The van der Waals surface area contributed by atoms with Crippen molar-refractivity contribution in [1.29, 1.82) is 0 Å². The summed E-state index contributed by atoms with van der Waals surface area (Å²) in [6.45, 7) is 0. The summed E-state index contributed by atoms with van der Waals surface area (Å²) in [5.41, 5.74) is 2.64. The molecule has 0 N–H and O–H groups in total. The van der Waals surface area contributed by atoms with Crippen LogP contribution in [0.4, 0.5) is 0 Å². The highest BCUT2D eigenvalue weighted by molar-refractivity contribution is 7.72. The van der Waals surface area contributed by atoms with Gasteiger partial charge in [-0.2, -0.15) is 0 Å². The van der Waals surface area contributed by atoms with Gasteiger partial charge in [0.2, 0.25) is 5.75 Å². The summed E-state index contributed by atoms with van der Waals surface area (Å²) in [4.78, 5) is 14.6. The van der Waals surface area contributed by atoms with Crippen molar-refractivity contribution in [2.24, 2.45) is 0 Å². The van der Waals surface area contributed by atoms with Gasteiger partial charge in [0.15, 0.2) is 10.3 Å². The molecule has 0 spiro atoms. The summed E-state index contributed by atoms with van der Waals surface area (Å²) in [5.74, 6) is 0.289. The Labute approximate surface area is 188 Å². The first-order chi connectivity index (χ1) is 14.8. The van der Waals surface area contributed by atoms with Crippen molar-refractivity contribution in [2.45, 2.75) is 0 Å². The van der Waals surface area contributed by atoms with Gasteiger partial charge in [0.25, 0.3) is 4.88 Å². The van der Waals surface area contributed by atoms with Crippen LogP contribution in [0.2, 0.25) is 0 Å². The smallest absolute Gasteiger partial charge is 0.343 e. The minimum Gasteiger partial charge on any atom is -0.415 e. The van der Waals surface area contributed by atoms with Crippen LogP contribution in [-0.2, 0) is 0 Å². The van der Waals surface area contributed by atoms with Crippen molar-refractivity contribution in [3.63, 3.8) is 0 Å². The van der Waals surface area contributed by atoms with E-state index in [1.807, 2.05) is 78.9 Å². The topological polar surface area (TPSA) is 119 Å². The van der Waals surface area contributed by atoms with Crippen molar-refractivity contribution < 1.29 is 38.4 Å². The van der Waals surface area contributed by atoms with Crippen LogP contribution in [0, 0.1) is 10.2 Å². The van der Waals surface area contributed by atoms with E-state index in [4.69, 9.17) is 23.4 Å². The number of carbonyl (C=O) groups excluding carboxylic acids is 1. The molecule has 4 rings (SSSR count). The molecule has 1 heterocycles. The van der Waals surface area contributed by atoms with E-state index in [1.54, 1.807) is 32.8 Å². The molecule has 158 valence electrons. The summed E-state index contributed by atoms with van der Waals surface area (Å²) in [5, 5.41) is 0. The zero-order valence-electron chi connectivity index (χ0n) is 15.8. The number of halogens is 1. The molecule has 0 aliphatic heterocycles. The Hall–Kier alpha value is -2.69. The first-order valence-corrected chi connectivity index (χ1v) is 12.2. The number of carbonyl (C=O) groups is 1. The Balaban J connectivity index is 0.000000491. The van der Waals surface area contributed by atoms with Gasteiger partial charge in [-0.1, -0.05) is 66.7 Å². The van der Waals surface area contributed by atoms with Crippen LogP contribution >= 0.6 is 20.7 Å². The van der Waals surface area contributed by atoms with E-state index >= 15 is 0 Å².